The molecule has 1 N–H and O–H groups in total. The number of carboxylic acid groups (broad SMARTS) is 1. The molecule has 2 aromatic heterocycles. The molecule has 0 aliphatic carbocycles. The first-order valence-electron chi connectivity index (χ1n) is 7.67. The van der Waals surface area contributed by atoms with Crippen molar-refractivity contribution in [2.75, 3.05) is 0 Å². The number of aromatic nitrogens is 4. The summed E-state index contributed by atoms with van der Waals surface area (Å²) in [6, 6.07) is 3.69. The van der Waals surface area contributed by atoms with Crippen LogP contribution in [0.3, 0.4) is 0 Å². The molecule has 0 bridgehead atoms. The number of carbonyl (C=O) groups is 1. The van der Waals surface area contributed by atoms with Gasteiger partial charge in [-0.05, 0) is 45.7 Å². The third-order valence-corrected chi connectivity index (χ3v) is 3.17. The van der Waals surface area contributed by atoms with Crippen molar-refractivity contribution in [1.82, 2.24) is 19.6 Å². The van der Waals surface area contributed by atoms with Crippen LogP contribution in [0, 0.1) is 20.8 Å². The Kier molecular flexibility index (Phi) is 6.82. The van der Waals surface area contributed by atoms with Gasteiger partial charge < -0.3 is 5.11 Å². The fourth-order valence-electron chi connectivity index (χ4n) is 2.17. The highest BCUT2D eigenvalue weighted by molar-refractivity contribution is 5.85. The van der Waals surface area contributed by atoms with Crippen LogP contribution in [0.15, 0.2) is 12.1 Å². The lowest BCUT2D eigenvalue weighted by Gasteiger charge is -1.98. The molecule has 0 unspecified atom stereocenters. The maximum absolute atomic E-state index is 10.5. The monoisotopic (exact) mass is 306 g/mol. The molecular formula is C16H26N4O2. The molecule has 6 nitrogen and oxygen atoms in total. The summed E-state index contributed by atoms with van der Waals surface area (Å²) in [7, 11) is 0. The zero-order valence-electron chi connectivity index (χ0n) is 14.1. The summed E-state index contributed by atoms with van der Waals surface area (Å²) in [5.41, 5.74) is 3.40. The summed E-state index contributed by atoms with van der Waals surface area (Å²) in [5.74, 6) is -0.965. The molecule has 2 heterocycles. The minimum absolute atomic E-state index is 0.126. The summed E-state index contributed by atoms with van der Waals surface area (Å²) in [6.07, 6.45) is 2.11. The van der Waals surface area contributed by atoms with E-state index in [2.05, 4.69) is 34.8 Å². The summed E-state index contributed by atoms with van der Waals surface area (Å²) >= 11 is 0. The van der Waals surface area contributed by atoms with E-state index in [1.807, 2.05) is 20.8 Å². The van der Waals surface area contributed by atoms with Gasteiger partial charge in [-0.3, -0.25) is 9.36 Å². The number of hydrogen-bond donors (Lipinski definition) is 1. The Morgan fingerprint density at radius 2 is 1.50 bits per heavy atom. The number of rotatable bonds is 5. The van der Waals surface area contributed by atoms with E-state index in [0.717, 1.165) is 37.3 Å². The maximum Gasteiger partial charge on any atom is 0.356 e. The van der Waals surface area contributed by atoms with Crippen molar-refractivity contribution in [3.63, 3.8) is 0 Å². The van der Waals surface area contributed by atoms with Crippen molar-refractivity contribution in [1.29, 1.82) is 0 Å². The Morgan fingerprint density at radius 3 is 1.86 bits per heavy atom. The highest BCUT2D eigenvalue weighted by Gasteiger charge is 2.09. The molecule has 0 saturated carbocycles. The van der Waals surface area contributed by atoms with Crippen LogP contribution in [0.1, 0.15) is 54.3 Å². The predicted octanol–water partition coefficient (Wildman–Crippen LogP) is 3.21. The normalized spacial score (nSPS) is 10.2. The lowest BCUT2D eigenvalue weighted by atomic mass is 10.4. The second-order valence-corrected chi connectivity index (χ2v) is 5.35. The largest absolute Gasteiger partial charge is 0.476 e. The van der Waals surface area contributed by atoms with Gasteiger partial charge in [0.2, 0.25) is 0 Å². The molecule has 122 valence electrons. The van der Waals surface area contributed by atoms with Crippen molar-refractivity contribution in [3.8, 4) is 0 Å². The molecule has 0 aromatic carbocycles. The van der Waals surface area contributed by atoms with E-state index in [-0.39, 0.29) is 5.69 Å². The van der Waals surface area contributed by atoms with Crippen molar-refractivity contribution in [2.45, 2.75) is 60.5 Å². The third kappa shape index (κ3) is 5.02. The van der Waals surface area contributed by atoms with E-state index in [9.17, 15) is 4.79 Å². The molecule has 0 radical (unpaired) electrons. The van der Waals surface area contributed by atoms with Gasteiger partial charge >= 0.3 is 5.97 Å². The topological polar surface area (TPSA) is 72.9 Å². The fourth-order valence-corrected chi connectivity index (χ4v) is 2.17. The van der Waals surface area contributed by atoms with E-state index < -0.39 is 5.97 Å². The quantitative estimate of drug-likeness (QED) is 0.920. The Bertz CT molecular complexity index is 614. The molecule has 0 spiro atoms. The summed E-state index contributed by atoms with van der Waals surface area (Å²) in [5, 5.41) is 16.8. The lowest BCUT2D eigenvalue weighted by Crippen LogP contribution is -2.03. The van der Waals surface area contributed by atoms with E-state index in [1.54, 1.807) is 10.7 Å². The SMILES string of the molecule is CCCn1nc(C(=O)O)cc1C.CCCn1nc(C)cc1C. The van der Waals surface area contributed by atoms with Gasteiger partial charge in [-0.15, -0.1) is 0 Å². The predicted molar refractivity (Wildman–Crippen MR) is 86.2 cm³/mol. The lowest BCUT2D eigenvalue weighted by molar-refractivity contribution is 0.0689. The number of aryl methyl sites for hydroxylation is 5. The van der Waals surface area contributed by atoms with Gasteiger partial charge in [-0.1, -0.05) is 13.8 Å². The summed E-state index contributed by atoms with van der Waals surface area (Å²) < 4.78 is 3.76. The van der Waals surface area contributed by atoms with Gasteiger partial charge in [0.25, 0.3) is 0 Å². The molecule has 0 aliphatic heterocycles. The zero-order chi connectivity index (χ0) is 16.7. The molecule has 0 saturated heterocycles. The standard InChI is InChI=1S/C8H12N2O2.C8H14N2/c1-3-4-10-6(2)5-7(9-10)8(11)12;1-4-5-10-8(3)6-7(2)9-10/h5H,3-4H2,1-2H3,(H,11,12);6H,4-5H2,1-3H3. The smallest absolute Gasteiger partial charge is 0.356 e. The average Bonchev–Trinajstić information content (AvgIpc) is 2.95. The van der Waals surface area contributed by atoms with Crippen LogP contribution in [-0.4, -0.2) is 30.6 Å². The molecular weight excluding hydrogens is 280 g/mol. The fraction of sp³-hybridized carbons (Fsp3) is 0.562. The van der Waals surface area contributed by atoms with Gasteiger partial charge in [0.15, 0.2) is 5.69 Å². The van der Waals surface area contributed by atoms with Crippen LogP contribution in [-0.2, 0) is 13.1 Å². The van der Waals surface area contributed by atoms with Gasteiger partial charge in [0.1, 0.15) is 0 Å². The van der Waals surface area contributed by atoms with Crippen molar-refractivity contribution in [2.24, 2.45) is 0 Å². The van der Waals surface area contributed by atoms with E-state index >= 15 is 0 Å². The molecule has 0 aliphatic rings. The Balaban J connectivity index is 0.000000224. The number of nitrogens with zero attached hydrogens (tertiary/aromatic N) is 4. The Labute approximate surface area is 131 Å². The van der Waals surface area contributed by atoms with Crippen LogP contribution >= 0.6 is 0 Å². The second-order valence-electron chi connectivity index (χ2n) is 5.35. The van der Waals surface area contributed by atoms with Gasteiger partial charge in [-0.2, -0.15) is 10.2 Å². The molecule has 2 aromatic rings. The minimum Gasteiger partial charge on any atom is -0.476 e. The average molecular weight is 306 g/mol. The van der Waals surface area contributed by atoms with E-state index in [4.69, 9.17) is 5.11 Å². The van der Waals surface area contributed by atoms with Crippen molar-refractivity contribution < 1.29 is 9.90 Å². The molecule has 0 fully saturated rings. The molecule has 22 heavy (non-hydrogen) atoms. The minimum atomic E-state index is -0.965. The highest BCUT2D eigenvalue weighted by atomic mass is 16.4. The number of carboxylic acids is 1. The summed E-state index contributed by atoms with van der Waals surface area (Å²) in [6.45, 7) is 12.0. The molecule has 6 heteroatoms. The first-order valence-corrected chi connectivity index (χ1v) is 7.67. The van der Waals surface area contributed by atoms with E-state index in [0.29, 0.717) is 0 Å². The molecule has 0 atom stereocenters. The van der Waals surface area contributed by atoms with Crippen LogP contribution in [0.25, 0.3) is 0 Å². The Morgan fingerprint density at radius 1 is 1.00 bits per heavy atom. The van der Waals surface area contributed by atoms with Crippen LogP contribution < -0.4 is 0 Å². The third-order valence-electron chi connectivity index (χ3n) is 3.17. The number of hydrogen-bond acceptors (Lipinski definition) is 3. The van der Waals surface area contributed by atoms with Crippen molar-refractivity contribution in [3.05, 3.63) is 34.9 Å². The van der Waals surface area contributed by atoms with Crippen molar-refractivity contribution >= 4 is 5.97 Å². The van der Waals surface area contributed by atoms with Gasteiger partial charge in [0, 0.05) is 24.5 Å². The van der Waals surface area contributed by atoms with E-state index in [1.165, 1.54) is 5.69 Å². The van der Waals surface area contributed by atoms with Gasteiger partial charge in [-0.25, -0.2) is 4.79 Å². The highest BCUT2D eigenvalue weighted by Crippen LogP contribution is 2.03. The van der Waals surface area contributed by atoms with Crippen LogP contribution in [0.2, 0.25) is 0 Å². The number of aromatic carboxylic acids is 1. The van der Waals surface area contributed by atoms with Crippen LogP contribution in [0.4, 0.5) is 0 Å². The van der Waals surface area contributed by atoms with Gasteiger partial charge in [0.05, 0.1) is 5.69 Å². The zero-order valence-corrected chi connectivity index (χ0v) is 14.1. The first kappa shape index (κ1) is 17.9. The molecule has 2 rings (SSSR count). The first-order chi connectivity index (χ1) is 10.4. The summed E-state index contributed by atoms with van der Waals surface area (Å²) in [4.78, 5) is 10.5. The Hall–Kier alpha value is -2.11. The molecule has 0 amide bonds. The second kappa shape index (κ2) is 8.36. The van der Waals surface area contributed by atoms with Crippen LogP contribution in [0.5, 0.6) is 0 Å². The maximum atomic E-state index is 10.5.